The summed E-state index contributed by atoms with van der Waals surface area (Å²) in [5, 5.41) is 0. The minimum atomic E-state index is -0.318. The maximum atomic E-state index is 11.6. The lowest BCUT2D eigenvalue weighted by Gasteiger charge is -2.23. The Labute approximate surface area is 89.3 Å². The average Bonchev–Trinajstić information content (AvgIpc) is 2.59. The molecule has 1 saturated heterocycles. The van der Waals surface area contributed by atoms with Crippen LogP contribution in [0.3, 0.4) is 0 Å². The van der Waals surface area contributed by atoms with Crippen LogP contribution in [-0.4, -0.2) is 50.2 Å². The molecule has 5 heteroatoms. The van der Waals surface area contributed by atoms with Crippen molar-refractivity contribution in [1.82, 2.24) is 4.90 Å². The molecule has 2 atom stereocenters. The van der Waals surface area contributed by atoms with Gasteiger partial charge in [-0.2, -0.15) is 0 Å². The van der Waals surface area contributed by atoms with Crippen LogP contribution in [0.1, 0.15) is 13.3 Å². The number of ether oxygens (including phenoxy) is 2. The third-order valence-electron chi connectivity index (χ3n) is 2.63. The number of amides is 1. The molecule has 0 aromatic heterocycles. The monoisotopic (exact) mass is 215 g/mol. The van der Waals surface area contributed by atoms with E-state index in [1.54, 1.807) is 12.0 Å². The van der Waals surface area contributed by atoms with E-state index in [4.69, 9.17) is 4.74 Å². The van der Waals surface area contributed by atoms with Crippen molar-refractivity contribution in [2.24, 2.45) is 5.92 Å². The fraction of sp³-hybridized carbons (Fsp3) is 0.800. The second-order valence-corrected chi connectivity index (χ2v) is 3.77. The van der Waals surface area contributed by atoms with Gasteiger partial charge < -0.3 is 14.4 Å². The molecule has 0 radical (unpaired) electrons. The zero-order valence-electron chi connectivity index (χ0n) is 9.36. The number of likely N-dealkylation sites (tertiary alicyclic amines) is 1. The second-order valence-electron chi connectivity index (χ2n) is 3.77. The Hall–Kier alpha value is -1.10. The van der Waals surface area contributed by atoms with Crippen molar-refractivity contribution in [1.29, 1.82) is 0 Å². The zero-order valence-corrected chi connectivity index (χ0v) is 9.36. The molecule has 1 rings (SSSR count). The van der Waals surface area contributed by atoms with Crippen molar-refractivity contribution in [3.63, 3.8) is 0 Å². The van der Waals surface area contributed by atoms with Crippen LogP contribution >= 0.6 is 0 Å². The number of rotatable bonds is 4. The van der Waals surface area contributed by atoms with Crippen LogP contribution in [0.15, 0.2) is 0 Å². The Morgan fingerprint density at radius 2 is 2.27 bits per heavy atom. The quantitative estimate of drug-likeness (QED) is 0.621. The van der Waals surface area contributed by atoms with Crippen LogP contribution < -0.4 is 0 Å². The molecular formula is C10H17NO4. The SMILES string of the molecule is COCC(C)N1CC(C(=O)OC)CC1=O. The first-order valence-electron chi connectivity index (χ1n) is 4.96. The number of carbonyl (C=O) groups is 2. The zero-order chi connectivity index (χ0) is 11.4. The molecule has 86 valence electrons. The van der Waals surface area contributed by atoms with Crippen molar-refractivity contribution in [2.75, 3.05) is 27.4 Å². The highest BCUT2D eigenvalue weighted by Gasteiger charge is 2.37. The van der Waals surface area contributed by atoms with Crippen molar-refractivity contribution < 1.29 is 19.1 Å². The fourth-order valence-corrected chi connectivity index (χ4v) is 1.81. The van der Waals surface area contributed by atoms with E-state index in [1.807, 2.05) is 6.92 Å². The lowest BCUT2D eigenvalue weighted by atomic mass is 10.1. The van der Waals surface area contributed by atoms with E-state index >= 15 is 0 Å². The number of carbonyl (C=O) groups excluding carboxylic acids is 2. The fourth-order valence-electron chi connectivity index (χ4n) is 1.81. The highest BCUT2D eigenvalue weighted by molar-refractivity contribution is 5.86. The number of hydrogen-bond donors (Lipinski definition) is 0. The van der Waals surface area contributed by atoms with Crippen LogP contribution in [-0.2, 0) is 19.1 Å². The molecule has 15 heavy (non-hydrogen) atoms. The van der Waals surface area contributed by atoms with E-state index in [1.165, 1.54) is 7.11 Å². The first-order chi connectivity index (χ1) is 7.10. The van der Waals surface area contributed by atoms with Gasteiger partial charge in [0.05, 0.1) is 25.7 Å². The molecule has 0 N–H and O–H groups in total. The van der Waals surface area contributed by atoms with Crippen LogP contribution in [0.2, 0.25) is 0 Å². The summed E-state index contributed by atoms with van der Waals surface area (Å²) in [6, 6.07) is 0.0113. The smallest absolute Gasteiger partial charge is 0.310 e. The molecule has 0 spiro atoms. The summed E-state index contributed by atoms with van der Waals surface area (Å²) >= 11 is 0. The summed E-state index contributed by atoms with van der Waals surface area (Å²) in [6.45, 7) is 2.83. The Morgan fingerprint density at radius 1 is 1.60 bits per heavy atom. The molecule has 1 fully saturated rings. The van der Waals surface area contributed by atoms with Gasteiger partial charge in [-0.25, -0.2) is 0 Å². The van der Waals surface area contributed by atoms with E-state index in [2.05, 4.69) is 4.74 Å². The summed E-state index contributed by atoms with van der Waals surface area (Å²) in [5.74, 6) is -0.632. The Morgan fingerprint density at radius 3 is 2.80 bits per heavy atom. The summed E-state index contributed by atoms with van der Waals surface area (Å²) in [4.78, 5) is 24.5. The Balaban J connectivity index is 2.56. The van der Waals surface area contributed by atoms with Gasteiger partial charge in [0.25, 0.3) is 0 Å². The summed E-state index contributed by atoms with van der Waals surface area (Å²) < 4.78 is 9.60. The molecule has 0 aromatic rings. The lowest BCUT2D eigenvalue weighted by Crippen LogP contribution is -2.37. The minimum Gasteiger partial charge on any atom is -0.469 e. The molecule has 1 amide bonds. The summed E-state index contributed by atoms with van der Waals surface area (Å²) in [7, 11) is 2.93. The highest BCUT2D eigenvalue weighted by Crippen LogP contribution is 2.21. The molecular weight excluding hydrogens is 198 g/mol. The molecule has 0 aromatic carbocycles. The molecule has 0 saturated carbocycles. The maximum absolute atomic E-state index is 11.6. The topological polar surface area (TPSA) is 55.8 Å². The van der Waals surface area contributed by atoms with Crippen LogP contribution in [0, 0.1) is 5.92 Å². The van der Waals surface area contributed by atoms with Gasteiger partial charge in [0.1, 0.15) is 0 Å². The average molecular weight is 215 g/mol. The van der Waals surface area contributed by atoms with E-state index in [0.717, 1.165) is 0 Å². The van der Waals surface area contributed by atoms with Gasteiger partial charge in [-0.15, -0.1) is 0 Å². The first kappa shape index (κ1) is 12.0. The number of methoxy groups -OCH3 is 2. The standard InChI is InChI=1S/C10H17NO4/c1-7(6-14-2)11-5-8(4-9(11)12)10(13)15-3/h7-8H,4-6H2,1-3H3. The van der Waals surface area contributed by atoms with Gasteiger partial charge in [0, 0.05) is 20.1 Å². The van der Waals surface area contributed by atoms with E-state index < -0.39 is 0 Å². The third kappa shape index (κ3) is 2.68. The lowest BCUT2D eigenvalue weighted by molar-refractivity contribution is -0.145. The molecule has 0 aliphatic carbocycles. The maximum Gasteiger partial charge on any atom is 0.310 e. The van der Waals surface area contributed by atoms with E-state index in [9.17, 15) is 9.59 Å². The molecule has 1 aliphatic rings. The first-order valence-corrected chi connectivity index (χ1v) is 4.96. The van der Waals surface area contributed by atoms with Crippen molar-refractivity contribution in [3.05, 3.63) is 0 Å². The van der Waals surface area contributed by atoms with Crippen molar-refractivity contribution >= 4 is 11.9 Å². The number of nitrogens with zero attached hydrogens (tertiary/aromatic N) is 1. The summed E-state index contributed by atoms with van der Waals surface area (Å²) in [5.41, 5.74) is 0. The molecule has 5 nitrogen and oxygen atoms in total. The largest absolute Gasteiger partial charge is 0.469 e. The predicted molar refractivity (Wildman–Crippen MR) is 53.2 cm³/mol. The van der Waals surface area contributed by atoms with Gasteiger partial charge >= 0.3 is 5.97 Å². The van der Waals surface area contributed by atoms with Crippen molar-refractivity contribution in [2.45, 2.75) is 19.4 Å². The van der Waals surface area contributed by atoms with Crippen LogP contribution in [0.5, 0.6) is 0 Å². The van der Waals surface area contributed by atoms with Gasteiger partial charge in [-0.1, -0.05) is 0 Å². The van der Waals surface area contributed by atoms with Gasteiger partial charge in [-0.05, 0) is 6.92 Å². The molecule has 1 aliphatic heterocycles. The second kappa shape index (κ2) is 5.11. The number of hydrogen-bond acceptors (Lipinski definition) is 4. The third-order valence-corrected chi connectivity index (χ3v) is 2.63. The molecule has 1 heterocycles. The predicted octanol–water partition coefficient (Wildman–Crippen LogP) is 0.0428. The van der Waals surface area contributed by atoms with Crippen LogP contribution in [0.25, 0.3) is 0 Å². The Bertz CT molecular complexity index is 254. The van der Waals surface area contributed by atoms with E-state index in [0.29, 0.717) is 13.2 Å². The van der Waals surface area contributed by atoms with Gasteiger partial charge in [0.2, 0.25) is 5.91 Å². The van der Waals surface area contributed by atoms with Gasteiger partial charge in [-0.3, -0.25) is 9.59 Å². The minimum absolute atomic E-state index is 0.00468. The molecule has 0 bridgehead atoms. The van der Waals surface area contributed by atoms with Gasteiger partial charge in [0.15, 0.2) is 0 Å². The van der Waals surface area contributed by atoms with Crippen LogP contribution in [0.4, 0.5) is 0 Å². The summed E-state index contributed by atoms with van der Waals surface area (Å²) in [6.07, 6.45) is 0.251. The van der Waals surface area contributed by atoms with Crippen molar-refractivity contribution in [3.8, 4) is 0 Å². The Kier molecular flexibility index (Phi) is 4.08. The number of esters is 1. The normalized spacial score (nSPS) is 23.0. The molecule has 2 unspecified atom stereocenters. The highest BCUT2D eigenvalue weighted by atomic mass is 16.5. The van der Waals surface area contributed by atoms with E-state index in [-0.39, 0.29) is 30.3 Å².